The third-order valence-electron chi connectivity index (χ3n) is 10.3. The zero-order chi connectivity index (χ0) is 45.7. The molecule has 328 valence electrons. The molecule has 4 rings (SSSR count). The van der Waals surface area contributed by atoms with Crippen LogP contribution in [0.3, 0.4) is 0 Å². The van der Waals surface area contributed by atoms with Gasteiger partial charge in [0.2, 0.25) is 0 Å². The molecule has 0 fully saturated rings. The lowest BCUT2D eigenvalue weighted by Crippen LogP contribution is -2.33. The van der Waals surface area contributed by atoms with E-state index in [1.807, 2.05) is 41.5 Å². The number of nitrogens with one attached hydrogen (secondary N) is 1. The Morgan fingerprint density at radius 1 is 0.639 bits per heavy atom. The molecule has 0 aliphatic carbocycles. The van der Waals surface area contributed by atoms with Crippen LogP contribution in [0, 0.1) is 36.0 Å². The summed E-state index contributed by atoms with van der Waals surface area (Å²) in [6.07, 6.45) is 2.40. The fraction of sp³-hybridized carbons (Fsp3) is 0.528. The van der Waals surface area contributed by atoms with Crippen molar-refractivity contribution in [2.24, 2.45) is 10.8 Å². The van der Waals surface area contributed by atoms with E-state index in [0.717, 1.165) is 78.4 Å². The fourth-order valence-corrected chi connectivity index (χ4v) is 7.90. The van der Waals surface area contributed by atoms with Crippen molar-refractivity contribution >= 4 is 12.1 Å². The minimum atomic E-state index is -0.839. The lowest BCUT2D eigenvalue weighted by atomic mass is 9.77. The standard InChI is InChI=1S/C53H72N4O4/c1-17-41-37(27-28-54)45(35-23-19-33(3)20-24-35)38(43(56-41)30-50(5,6)7)29-39(48(58)60-52(11,12)13)47-42(18-2)57-44(31-51(8,9)10)40(32-55-49(59)61-53(14,15)16)46(47)36-25-21-34(4)22-26-36/h19-26,39H,17-18,27,29-32H2,1-16H3,(H,55,59). The highest BCUT2D eigenvalue weighted by atomic mass is 16.6. The molecule has 0 aliphatic rings. The van der Waals surface area contributed by atoms with E-state index in [2.05, 4.69) is 129 Å². The summed E-state index contributed by atoms with van der Waals surface area (Å²) in [6.45, 7) is 32.8. The number of aromatic nitrogens is 2. The molecular formula is C53H72N4O4. The number of alkyl carbamates (subject to hydrolysis) is 1. The van der Waals surface area contributed by atoms with Gasteiger partial charge in [-0.05, 0) is 137 Å². The average Bonchev–Trinajstić information content (AvgIpc) is 3.12. The van der Waals surface area contributed by atoms with Gasteiger partial charge in [-0.15, -0.1) is 0 Å². The van der Waals surface area contributed by atoms with Gasteiger partial charge in [-0.2, -0.15) is 5.26 Å². The third-order valence-corrected chi connectivity index (χ3v) is 10.3. The summed E-state index contributed by atoms with van der Waals surface area (Å²) in [5.41, 5.74) is 11.1. The van der Waals surface area contributed by atoms with Crippen LogP contribution in [-0.2, 0) is 59.3 Å². The highest BCUT2D eigenvalue weighted by Crippen LogP contribution is 2.44. The zero-order valence-corrected chi connectivity index (χ0v) is 40.1. The number of rotatable bonds is 13. The molecule has 1 amide bonds. The zero-order valence-electron chi connectivity index (χ0n) is 40.1. The van der Waals surface area contributed by atoms with Crippen LogP contribution in [0.4, 0.5) is 4.79 Å². The first kappa shape index (κ1) is 48.6. The molecule has 61 heavy (non-hydrogen) atoms. The number of nitriles is 1. The van der Waals surface area contributed by atoms with E-state index in [4.69, 9.17) is 19.4 Å². The number of aryl methyl sites for hydroxylation is 4. The van der Waals surface area contributed by atoms with Crippen molar-refractivity contribution in [2.75, 3.05) is 0 Å². The molecule has 0 aliphatic heterocycles. The number of pyridine rings is 2. The van der Waals surface area contributed by atoms with Gasteiger partial charge in [-0.25, -0.2) is 4.79 Å². The molecule has 4 aromatic rings. The number of nitrogens with zero attached hydrogens (tertiary/aromatic N) is 3. The Morgan fingerprint density at radius 3 is 1.54 bits per heavy atom. The number of ether oxygens (including phenoxy) is 2. The van der Waals surface area contributed by atoms with E-state index in [1.54, 1.807) is 0 Å². The first-order chi connectivity index (χ1) is 28.2. The van der Waals surface area contributed by atoms with Gasteiger partial charge in [0.25, 0.3) is 0 Å². The largest absolute Gasteiger partial charge is 0.459 e. The quantitative estimate of drug-likeness (QED) is 0.133. The van der Waals surface area contributed by atoms with Gasteiger partial charge in [0.1, 0.15) is 11.2 Å². The molecule has 0 bridgehead atoms. The van der Waals surface area contributed by atoms with Crippen LogP contribution < -0.4 is 5.32 Å². The molecule has 0 spiro atoms. The number of carbonyl (C=O) groups excluding carboxylic acids is 2. The minimum absolute atomic E-state index is 0.136. The van der Waals surface area contributed by atoms with Gasteiger partial charge in [-0.3, -0.25) is 14.8 Å². The van der Waals surface area contributed by atoms with E-state index < -0.39 is 23.2 Å². The topological polar surface area (TPSA) is 114 Å². The van der Waals surface area contributed by atoms with Crippen LogP contribution in [0.5, 0.6) is 0 Å². The van der Waals surface area contributed by atoms with E-state index in [0.29, 0.717) is 25.7 Å². The maximum atomic E-state index is 15.3. The van der Waals surface area contributed by atoms with Gasteiger partial charge in [0.15, 0.2) is 0 Å². The molecule has 8 nitrogen and oxygen atoms in total. The second-order valence-corrected chi connectivity index (χ2v) is 21.0. The number of carbonyl (C=O) groups is 2. The third kappa shape index (κ3) is 13.5. The van der Waals surface area contributed by atoms with Crippen LogP contribution in [0.15, 0.2) is 48.5 Å². The molecule has 0 saturated carbocycles. The van der Waals surface area contributed by atoms with Crippen molar-refractivity contribution in [2.45, 2.75) is 173 Å². The average molecular weight is 829 g/mol. The van der Waals surface area contributed by atoms with E-state index in [1.165, 1.54) is 0 Å². The van der Waals surface area contributed by atoms with E-state index in [-0.39, 0.29) is 36.2 Å². The number of benzene rings is 2. The van der Waals surface area contributed by atoms with Crippen molar-refractivity contribution in [1.29, 1.82) is 5.26 Å². The molecule has 0 radical (unpaired) electrons. The van der Waals surface area contributed by atoms with Crippen LogP contribution in [0.25, 0.3) is 22.3 Å². The van der Waals surface area contributed by atoms with Crippen molar-refractivity contribution in [1.82, 2.24) is 15.3 Å². The number of hydrogen-bond donors (Lipinski definition) is 1. The van der Waals surface area contributed by atoms with E-state index in [9.17, 15) is 10.1 Å². The Labute approximate surface area is 367 Å². The normalized spacial score (nSPS) is 12.8. The van der Waals surface area contributed by atoms with Crippen molar-refractivity contribution in [3.05, 3.63) is 105 Å². The van der Waals surface area contributed by atoms with Crippen molar-refractivity contribution in [3.8, 4) is 28.3 Å². The maximum absolute atomic E-state index is 15.3. The first-order valence-corrected chi connectivity index (χ1v) is 22.0. The molecular weight excluding hydrogens is 757 g/mol. The maximum Gasteiger partial charge on any atom is 0.407 e. The summed E-state index contributed by atoms with van der Waals surface area (Å²) < 4.78 is 12.2. The van der Waals surface area contributed by atoms with Gasteiger partial charge < -0.3 is 14.8 Å². The predicted octanol–water partition coefficient (Wildman–Crippen LogP) is 12.5. The molecule has 1 N–H and O–H groups in total. The molecule has 0 saturated heterocycles. The second-order valence-electron chi connectivity index (χ2n) is 21.0. The summed E-state index contributed by atoms with van der Waals surface area (Å²) in [7, 11) is 0. The molecule has 1 atom stereocenters. The van der Waals surface area contributed by atoms with Crippen LogP contribution in [-0.4, -0.2) is 33.2 Å². The van der Waals surface area contributed by atoms with Gasteiger partial charge >= 0.3 is 12.1 Å². The SMILES string of the molecule is CCc1nc(CC(C)(C)C)c(CC(C(=O)OC(C)(C)C)c2c(CC)nc(CC(C)(C)C)c(CNC(=O)OC(C)(C)C)c2-c2ccc(C)cc2)c(-c2ccc(C)cc2)c1CC#N. The molecule has 2 heterocycles. The summed E-state index contributed by atoms with van der Waals surface area (Å²) in [5, 5.41) is 13.4. The number of hydrogen-bond acceptors (Lipinski definition) is 7. The number of esters is 1. The highest BCUT2D eigenvalue weighted by molar-refractivity contribution is 5.86. The lowest BCUT2D eigenvalue weighted by Gasteiger charge is -2.32. The van der Waals surface area contributed by atoms with E-state index >= 15 is 4.79 Å². The van der Waals surface area contributed by atoms with Crippen LogP contribution in [0.1, 0.15) is 159 Å². The van der Waals surface area contributed by atoms with Crippen LogP contribution >= 0.6 is 0 Å². The molecule has 2 aromatic heterocycles. The Hall–Kier alpha value is -5.03. The summed E-state index contributed by atoms with van der Waals surface area (Å²) in [5.74, 6) is -1.21. The lowest BCUT2D eigenvalue weighted by molar-refractivity contribution is -0.156. The van der Waals surface area contributed by atoms with Crippen molar-refractivity contribution < 1.29 is 19.1 Å². The first-order valence-electron chi connectivity index (χ1n) is 22.0. The monoisotopic (exact) mass is 829 g/mol. The van der Waals surface area contributed by atoms with Gasteiger partial charge in [0.05, 0.1) is 18.4 Å². The Morgan fingerprint density at radius 2 is 1.10 bits per heavy atom. The predicted molar refractivity (Wildman–Crippen MR) is 249 cm³/mol. The number of amides is 1. The Balaban J connectivity index is 2.25. The Kier molecular flexibility index (Phi) is 15.4. The fourth-order valence-electron chi connectivity index (χ4n) is 7.90. The van der Waals surface area contributed by atoms with Gasteiger partial charge in [-0.1, -0.05) is 115 Å². The van der Waals surface area contributed by atoms with Gasteiger partial charge in [0, 0.05) is 34.9 Å². The highest BCUT2D eigenvalue weighted by Gasteiger charge is 2.37. The summed E-state index contributed by atoms with van der Waals surface area (Å²) in [6, 6.07) is 19.3. The summed E-state index contributed by atoms with van der Waals surface area (Å²) in [4.78, 5) is 39.6. The Bertz CT molecular complexity index is 2220. The summed E-state index contributed by atoms with van der Waals surface area (Å²) >= 11 is 0. The second kappa shape index (κ2) is 19.3. The minimum Gasteiger partial charge on any atom is -0.459 e. The smallest absolute Gasteiger partial charge is 0.407 e. The molecule has 2 aromatic carbocycles. The van der Waals surface area contributed by atoms with Crippen molar-refractivity contribution in [3.63, 3.8) is 0 Å². The molecule has 1 unspecified atom stereocenters. The molecule has 8 heteroatoms. The van der Waals surface area contributed by atoms with Crippen LogP contribution in [0.2, 0.25) is 0 Å².